The minimum absolute atomic E-state index is 0.00219. The summed E-state index contributed by atoms with van der Waals surface area (Å²) in [6.45, 7) is 15.5. The fourth-order valence-electron chi connectivity index (χ4n) is 7.10. The van der Waals surface area contributed by atoms with Crippen molar-refractivity contribution in [3.63, 3.8) is 0 Å². The van der Waals surface area contributed by atoms with Crippen molar-refractivity contribution in [1.82, 2.24) is 29.2 Å². The Morgan fingerprint density at radius 2 is 1.79 bits per heavy atom. The molecule has 0 spiro atoms. The Labute approximate surface area is 282 Å². The van der Waals surface area contributed by atoms with E-state index in [1.54, 1.807) is 16.3 Å². The highest BCUT2D eigenvalue weighted by Crippen LogP contribution is 2.41. The van der Waals surface area contributed by atoms with Gasteiger partial charge in [-0.25, -0.2) is 4.79 Å². The van der Waals surface area contributed by atoms with Crippen LogP contribution in [0.2, 0.25) is 30.7 Å². The van der Waals surface area contributed by atoms with Gasteiger partial charge in [0.1, 0.15) is 12.3 Å². The normalized spacial score (nSPS) is 20.0. The van der Waals surface area contributed by atoms with Gasteiger partial charge in [-0.3, -0.25) is 14.0 Å². The lowest BCUT2D eigenvalue weighted by atomic mass is 9.97. The number of rotatable bonds is 8. The molecule has 2 fully saturated rings. The summed E-state index contributed by atoms with van der Waals surface area (Å²) in [5, 5.41) is 9.60. The van der Waals surface area contributed by atoms with Crippen LogP contribution in [0.15, 0.2) is 23.3 Å². The Balaban J connectivity index is 1.40. The number of amides is 1. The van der Waals surface area contributed by atoms with Crippen LogP contribution in [0, 0.1) is 6.92 Å². The molecule has 0 saturated carbocycles. The van der Waals surface area contributed by atoms with Crippen LogP contribution >= 0.6 is 11.6 Å². The fourth-order valence-corrected chi connectivity index (χ4v) is 8.16. The molecule has 4 aromatic rings. The minimum atomic E-state index is -1.29. The topological polar surface area (TPSA) is 108 Å². The molecule has 1 aromatic carbocycles. The number of hydrogen-bond acceptors (Lipinski definition) is 7. The number of aromatic nitrogens is 5. The Morgan fingerprint density at radius 3 is 2.43 bits per heavy atom. The number of halogens is 1. The monoisotopic (exact) mass is 681 g/mol. The third-order valence-electron chi connectivity index (χ3n) is 9.31. The molecule has 6 rings (SSSR count). The first-order valence-electron chi connectivity index (χ1n) is 16.6. The van der Waals surface area contributed by atoms with Gasteiger partial charge in [0, 0.05) is 75.8 Å². The van der Waals surface area contributed by atoms with Crippen LogP contribution in [-0.4, -0.2) is 68.4 Å². The van der Waals surface area contributed by atoms with Gasteiger partial charge in [-0.2, -0.15) is 10.1 Å². The maximum Gasteiger partial charge on any atom is 0.407 e. The number of carbonyl (C=O) groups is 1. The summed E-state index contributed by atoms with van der Waals surface area (Å²) in [6.07, 6.45) is 6.95. The maximum atomic E-state index is 14.4. The predicted molar refractivity (Wildman–Crippen MR) is 190 cm³/mol. The summed E-state index contributed by atoms with van der Waals surface area (Å²) in [4.78, 5) is 34.5. The molecule has 13 heteroatoms. The second-order valence-electron chi connectivity index (χ2n) is 15.6. The van der Waals surface area contributed by atoms with Gasteiger partial charge in [-0.1, -0.05) is 31.2 Å². The van der Waals surface area contributed by atoms with Crippen molar-refractivity contribution < 1.29 is 14.3 Å². The number of hydrogen-bond donors (Lipinski definition) is 1. The number of nitrogens with zero attached hydrogens (tertiary/aromatic N) is 6. The van der Waals surface area contributed by atoms with Crippen molar-refractivity contribution in [2.75, 3.05) is 11.5 Å². The van der Waals surface area contributed by atoms with Gasteiger partial charge in [0.05, 0.1) is 15.9 Å². The first-order chi connectivity index (χ1) is 22.0. The molecule has 2 saturated heterocycles. The molecule has 47 heavy (non-hydrogen) atoms. The van der Waals surface area contributed by atoms with Crippen molar-refractivity contribution in [2.24, 2.45) is 14.1 Å². The molecule has 0 aliphatic carbocycles. The van der Waals surface area contributed by atoms with E-state index in [-0.39, 0.29) is 36.5 Å². The number of ether oxygens (including phenoxy) is 2. The van der Waals surface area contributed by atoms with E-state index >= 15 is 0 Å². The lowest BCUT2D eigenvalue weighted by Gasteiger charge is -2.40. The van der Waals surface area contributed by atoms with Crippen molar-refractivity contribution >= 4 is 53.7 Å². The second-order valence-corrected chi connectivity index (χ2v) is 21.6. The zero-order valence-corrected chi connectivity index (χ0v) is 30.9. The van der Waals surface area contributed by atoms with Crippen LogP contribution in [0.4, 0.5) is 10.7 Å². The molecule has 2 aliphatic rings. The van der Waals surface area contributed by atoms with E-state index in [1.807, 2.05) is 57.8 Å². The van der Waals surface area contributed by atoms with Gasteiger partial charge in [-0.05, 0) is 71.1 Å². The van der Waals surface area contributed by atoms with E-state index in [2.05, 4.69) is 35.0 Å². The van der Waals surface area contributed by atoms with Crippen LogP contribution in [0.25, 0.3) is 33.1 Å². The van der Waals surface area contributed by atoms with E-state index in [4.69, 9.17) is 26.1 Å². The zero-order valence-electron chi connectivity index (χ0n) is 29.1. The summed E-state index contributed by atoms with van der Waals surface area (Å²) in [6, 6.07) is 3.34. The molecule has 0 radical (unpaired) electrons. The van der Waals surface area contributed by atoms with E-state index in [0.717, 1.165) is 59.3 Å². The molecule has 11 nitrogen and oxygen atoms in total. The van der Waals surface area contributed by atoms with Gasteiger partial charge >= 0.3 is 6.09 Å². The smallest absolute Gasteiger partial charge is 0.407 e. The Morgan fingerprint density at radius 1 is 1.11 bits per heavy atom. The lowest BCUT2D eigenvalue weighted by Crippen LogP contribution is -2.52. The number of piperidine rings is 1. The molecule has 3 atom stereocenters. The largest absolute Gasteiger partial charge is 0.444 e. The first kappa shape index (κ1) is 33.5. The molecule has 1 unspecified atom stereocenters. The molecule has 3 aromatic heterocycles. The highest BCUT2D eigenvalue weighted by Gasteiger charge is 2.43. The van der Waals surface area contributed by atoms with Gasteiger partial charge in [0.15, 0.2) is 5.65 Å². The predicted octanol–water partition coefficient (Wildman–Crippen LogP) is 6.59. The summed E-state index contributed by atoms with van der Waals surface area (Å²) < 4.78 is 17.1. The highest BCUT2D eigenvalue weighted by molar-refractivity contribution is 6.76. The van der Waals surface area contributed by atoms with Crippen LogP contribution < -0.4 is 15.8 Å². The summed E-state index contributed by atoms with van der Waals surface area (Å²) >= 11 is 7.06. The van der Waals surface area contributed by atoms with Crippen LogP contribution in [-0.2, 0) is 30.3 Å². The van der Waals surface area contributed by atoms with E-state index in [1.165, 1.54) is 0 Å². The van der Waals surface area contributed by atoms with Crippen molar-refractivity contribution in [1.29, 1.82) is 0 Å². The van der Waals surface area contributed by atoms with Crippen LogP contribution in [0.5, 0.6) is 0 Å². The standard InChI is InChI=1S/C34H48ClN7O4Si/c1-20-14-24(28(35)26-17-39(5)38-29(20)26)25-18-41(19-45-12-13-47(7,8)9)30-27(25)31(43)40(6)32(37-30)42-22-10-11-23(42)16-21(15-22)36-33(44)46-34(2,3)4/h14,17-18,21-23H,10-13,15-16,19H2,1-9H3,(H,36,44)/t21?,22-,23+. The molecule has 1 N–H and O–H groups in total. The van der Waals surface area contributed by atoms with Gasteiger partial charge < -0.3 is 24.3 Å². The summed E-state index contributed by atoms with van der Waals surface area (Å²) in [7, 11) is 2.39. The van der Waals surface area contributed by atoms with E-state index < -0.39 is 13.7 Å². The average Bonchev–Trinajstić information content (AvgIpc) is 3.60. The Hall–Kier alpha value is -3.35. The summed E-state index contributed by atoms with van der Waals surface area (Å²) in [5.74, 6) is 0.642. The molecule has 254 valence electrons. The van der Waals surface area contributed by atoms with E-state index in [9.17, 15) is 9.59 Å². The van der Waals surface area contributed by atoms with Crippen LogP contribution in [0.1, 0.15) is 52.0 Å². The quantitative estimate of drug-likeness (QED) is 0.165. The molecular formula is C34H48ClN7O4Si. The minimum Gasteiger partial charge on any atom is -0.444 e. The molecule has 2 aliphatic heterocycles. The zero-order chi connectivity index (χ0) is 34.0. The van der Waals surface area contributed by atoms with Gasteiger partial charge in [0.2, 0.25) is 5.95 Å². The Bertz CT molecular complexity index is 1890. The second kappa shape index (κ2) is 12.3. The number of anilines is 1. The van der Waals surface area contributed by atoms with Crippen molar-refractivity contribution in [2.45, 2.75) is 110 Å². The number of fused-ring (bicyclic) bond motifs is 4. The van der Waals surface area contributed by atoms with E-state index in [0.29, 0.717) is 28.6 Å². The third kappa shape index (κ3) is 6.69. The maximum absolute atomic E-state index is 14.4. The third-order valence-corrected chi connectivity index (χ3v) is 11.4. The number of aryl methyl sites for hydroxylation is 2. The molecule has 1 amide bonds. The number of nitrogens with one attached hydrogen (secondary N) is 1. The van der Waals surface area contributed by atoms with Crippen LogP contribution in [0.3, 0.4) is 0 Å². The van der Waals surface area contributed by atoms with Gasteiger partial charge in [0.25, 0.3) is 5.56 Å². The fraction of sp³-hybridized carbons (Fsp3) is 0.588. The molecular weight excluding hydrogens is 634 g/mol. The number of alkyl carbamates (subject to hydrolysis) is 1. The molecule has 2 bridgehead atoms. The SMILES string of the molecule is Cc1cc(-c2cn(COCC[Si](C)(C)C)c3nc(N4[C@@H]5CC[C@H]4CC(NC(=O)OC(C)(C)C)C5)n(C)c(=O)c23)c(Cl)c2cn(C)nc12. The average molecular weight is 682 g/mol. The number of benzene rings is 1. The summed E-state index contributed by atoms with van der Waals surface area (Å²) in [5.41, 5.74) is 3.22. The number of carbonyl (C=O) groups excluding carboxylic acids is 1. The lowest BCUT2D eigenvalue weighted by molar-refractivity contribution is 0.0492. The first-order valence-corrected chi connectivity index (χ1v) is 20.7. The highest BCUT2D eigenvalue weighted by atomic mass is 35.5. The van der Waals surface area contributed by atoms with Gasteiger partial charge in [-0.15, -0.1) is 0 Å². The Kier molecular flexibility index (Phi) is 8.76. The molecule has 5 heterocycles. The van der Waals surface area contributed by atoms with Crippen molar-refractivity contribution in [3.8, 4) is 11.1 Å². The van der Waals surface area contributed by atoms with Crippen molar-refractivity contribution in [3.05, 3.63) is 39.4 Å².